The molecule has 0 N–H and O–H groups in total. The molecule has 2 aromatic rings. The third-order valence-corrected chi connectivity index (χ3v) is 3.48. The number of pyridine rings is 1. The number of hydrogen-bond acceptors (Lipinski definition) is 3. The Bertz CT molecular complexity index is 584. The quantitative estimate of drug-likeness (QED) is 0.582. The summed E-state index contributed by atoms with van der Waals surface area (Å²) < 4.78 is 10.8. The number of ether oxygens (including phenoxy) is 2. The first-order chi connectivity index (χ1) is 9.60. The average Bonchev–Trinajstić information content (AvgIpc) is 2.43. The number of halogens is 1. The number of rotatable bonds is 6. The molecule has 20 heavy (non-hydrogen) atoms. The summed E-state index contributed by atoms with van der Waals surface area (Å²) in [4.78, 5) is 4.40. The van der Waals surface area contributed by atoms with Crippen LogP contribution in [0.2, 0.25) is 5.15 Å². The minimum absolute atomic E-state index is 0.496. The summed E-state index contributed by atoms with van der Waals surface area (Å²) in [6.45, 7) is 5.61. The minimum atomic E-state index is 0.496. The van der Waals surface area contributed by atoms with E-state index in [9.17, 15) is 0 Å². The number of aromatic nitrogens is 1. The van der Waals surface area contributed by atoms with Crippen molar-refractivity contribution in [3.8, 4) is 5.75 Å². The first-order valence-corrected chi connectivity index (χ1v) is 7.19. The largest absolute Gasteiger partial charge is 0.497 e. The molecular formula is C16H20ClNO2. The molecule has 0 spiro atoms. The van der Waals surface area contributed by atoms with Crippen LogP contribution < -0.4 is 4.74 Å². The van der Waals surface area contributed by atoms with Gasteiger partial charge in [0.05, 0.1) is 19.2 Å². The molecule has 0 atom stereocenters. The van der Waals surface area contributed by atoms with E-state index in [2.05, 4.69) is 18.8 Å². The number of benzene rings is 1. The standard InChI is InChI=1S/C16H20ClNO2/c1-11(2)6-7-20-10-13-8-12-4-5-14(19-3)9-15(12)18-16(13)17/h4-5,8-9,11H,6-7,10H2,1-3H3. The van der Waals surface area contributed by atoms with Gasteiger partial charge in [0.15, 0.2) is 0 Å². The van der Waals surface area contributed by atoms with Gasteiger partial charge >= 0.3 is 0 Å². The lowest BCUT2D eigenvalue weighted by Crippen LogP contribution is -2.00. The van der Waals surface area contributed by atoms with Crippen LogP contribution in [0.4, 0.5) is 0 Å². The Balaban J connectivity index is 2.12. The van der Waals surface area contributed by atoms with Gasteiger partial charge in [-0.25, -0.2) is 4.98 Å². The van der Waals surface area contributed by atoms with Crippen LogP contribution in [0.15, 0.2) is 24.3 Å². The average molecular weight is 294 g/mol. The SMILES string of the molecule is COc1ccc2cc(COCCC(C)C)c(Cl)nc2c1. The zero-order valence-electron chi connectivity index (χ0n) is 12.1. The number of fused-ring (bicyclic) bond motifs is 1. The fourth-order valence-corrected chi connectivity index (χ4v) is 2.10. The monoisotopic (exact) mass is 293 g/mol. The molecule has 0 amide bonds. The fourth-order valence-electron chi connectivity index (χ4n) is 1.90. The molecule has 3 nitrogen and oxygen atoms in total. The first-order valence-electron chi connectivity index (χ1n) is 6.81. The van der Waals surface area contributed by atoms with Crippen molar-refractivity contribution >= 4 is 22.5 Å². The number of methoxy groups -OCH3 is 1. The maximum atomic E-state index is 6.21. The molecule has 4 heteroatoms. The van der Waals surface area contributed by atoms with E-state index in [0.29, 0.717) is 17.7 Å². The molecule has 0 saturated heterocycles. The fraction of sp³-hybridized carbons (Fsp3) is 0.438. The van der Waals surface area contributed by atoms with Crippen LogP contribution in [0.25, 0.3) is 10.9 Å². The second-order valence-corrected chi connectivity index (χ2v) is 5.59. The van der Waals surface area contributed by atoms with E-state index in [4.69, 9.17) is 21.1 Å². The van der Waals surface area contributed by atoms with E-state index in [1.54, 1.807) is 7.11 Å². The van der Waals surface area contributed by atoms with Crippen molar-refractivity contribution in [3.05, 3.63) is 35.0 Å². The van der Waals surface area contributed by atoms with E-state index in [-0.39, 0.29) is 0 Å². The van der Waals surface area contributed by atoms with Gasteiger partial charge in [0.25, 0.3) is 0 Å². The van der Waals surface area contributed by atoms with Crippen molar-refractivity contribution in [1.82, 2.24) is 4.98 Å². The van der Waals surface area contributed by atoms with Crippen LogP contribution in [0, 0.1) is 5.92 Å². The second kappa shape index (κ2) is 6.91. The first kappa shape index (κ1) is 15.1. The molecule has 0 aliphatic carbocycles. The molecule has 108 valence electrons. The van der Waals surface area contributed by atoms with Crippen molar-refractivity contribution in [3.63, 3.8) is 0 Å². The van der Waals surface area contributed by atoms with E-state index < -0.39 is 0 Å². The van der Waals surface area contributed by atoms with Gasteiger partial charge in [0.2, 0.25) is 0 Å². The van der Waals surface area contributed by atoms with Gasteiger partial charge in [-0.15, -0.1) is 0 Å². The molecule has 1 aromatic carbocycles. The van der Waals surface area contributed by atoms with E-state index in [1.165, 1.54) is 0 Å². The normalized spacial score (nSPS) is 11.2. The van der Waals surface area contributed by atoms with Crippen LogP contribution in [-0.4, -0.2) is 18.7 Å². The number of nitrogens with zero attached hydrogens (tertiary/aromatic N) is 1. The topological polar surface area (TPSA) is 31.4 Å². The molecular weight excluding hydrogens is 274 g/mol. The summed E-state index contributed by atoms with van der Waals surface area (Å²) in [7, 11) is 1.64. The maximum Gasteiger partial charge on any atom is 0.135 e. The van der Waals surface area contributed by atoms with Gasteiger partial charge < -0.3 is 9.47 Å². The zero-order valence-corrected chi connectivity index (χ0v) is 12.9. The summed E-state index contributed by atoms with van der Waals surface area (Å²) >= 11 is 6.21. The van der Waals surface area contributed by atoms with Crippen molar-refractivity contribution in [2.75, 3.05) is 13.7 Å². The van der Waals surface area contributed by atoms with Gasteiger partial charge in [-0.1, -0.05) is 25.4 Å². The molecule has 1 heterocycles. The molecule has 0 fully saturated rings. The third kappa shape index (κ3) is 3.84. The van der Waals surface area contributed by atoms with Crippen molar-refractivity contribution in [2.45, 2.75) is 26.9 Å². The Morgan fingerprint density at radius 1 is 1.25 bits per heavy atom. The Morgan fingerprint density at radius 2 is 2.05 bits per heavy atom. The molecule has 0 aliphatic rings. The molecule has 0 saturated carbocycles. The molecule has 0 unspecified atom stereocenters. The lowest BCUT2D eigenvalue weighted by Gasteiger charge is -2.09. The van der Waals surface area contributed by atoms with E-state index in [1.807, 2.05) is 24.3 Å². The van der Waals surface area contributed by atoms with Crippen molar-refractivity contribution < 1.29 is 9.47 Å². The van der Waals surface area contributed by atoms with Gasteiger partial charge in [-0.05, 0) is 30.5 Å². The summed E-state index contributed by atoms with van der Waals surface area (Å²) in [5.74, 6) is 1.43. The lowest BCUT2D eigenvalue weighted by atomic mass is 10.1. The van der Waals surface area contributed by atoms with Crippen LogP contribution >= 0.6 is 11.6 Å². The highest BCUT2D eigenvalue weighted by atomic mass is 35.5. The summed E-state index contributed by atoms with van der Waals surface area (Å²) in [6.07, 6.45) is 1.05. The van der Waals surface area contributed by atoms with Gasteiger partial charge in [-0.2, -0.15) is 0 Å². The zero-order chi connectivity index (χ0) is 14.5. The van der Waals surface area contributed by atoms with Gasteiger partial charge in [-0.3, -0.25) is 0 Å². The van der Waals surface area contributed by atoms with Gasteiger partial charge in [0, 0.05) is 23.6 Å². The Morgan fingerprint density at radius 3 is 2.75 bits per heavy atom. The van der Waals surface area contributed by atoms with Crippen molar-refractivity contribution in [2.24, 2.45) is 5.92 Å². The van der Waals surface area contributed by atoms with Crippen LogP contribution in [-0.2, 0) is 11.3 Å². The van der Waals surface area contributed by atoms with Crippen molar-refractivity contribution in [1.29, 1.82) is 0 Å². The summed E-state index contributed by atoms with van der Waals surface area (Å²) in [6, 6.07) is 7.81. The molecule has 0 radical (unpaired) electrons. The highest BCUT2D eigenvalue weighted by Gasteiger charge is 2.06. The van der Waals surface area contributed by atoms with Crippen LogP contribution in [0.1, 0.15) is 25.8 Å². The Labute approximate surface area is 124 Å². The Kier molecular flexibility index (Phi) is 5.21. The third-order valence-electron chi connectivity index (χ3n) is 3.15. The van der Waals surface area contributed by atoms with E-state index in [0.717, 1.165) is 35.2 Å². The summed E-state index contributed by atoms with van der Waals surface area (Å²) in [5.41, 5.74) is 1.76. The lowest BCUT2D eigenvalue weighted by molar-refractivity contribution is 0.110. The molecule has 1 aromatic heterocycles. The smallest absolute Gasteiger partial charge is 0.135 e. The second-order valence-electron chi connectivity index (χ2n) is 5.23. The summed E-state index contributed by atoms with van der Waals surface area (Å²) in [5, 5.41) is 1.54. The van der Waals surface area contributed by atoms with Crippen LogP contribution in [0.3, 0.4) is 0 Å². The Hall–Kier alpha value is -1.32. The molecule has 0 bridgehead atoms. The highest BCUT2D eigenvalue weighted by molar-refractivity contribution is 6.30. The highest BCUT2D eigenvalue weighted by Crippen LogP contribution is 2.24. The van der Waals surface area contributed by atoms with E-state index >= 15 is 0 Å². The predicted octanol–water partition coefficient (Wildman–Crippen LogP) is 4.46. The van der Waals surface area contributed by atoms with Gasteiger partial charge in [0.1, 0.15) is 10.9 Å². The molecule has 0 aliphatic heterocycles. The molecule has 2 rings (SSSR count). The van der Waals surface area contributed by atoms with Crippen LogP contribution in [0.5, 0.6) is 5.75 Å². The number of hydrogen-bond donors (Lipinski definition) is 0. The predicted molar refractivity (Wildman–Crippen MR) is 82.4 cm³/mol. The minimum Gasteiger partial charge on any atom is -0.497 e. The maximum absolute atomic E-state index is 6.21.